The van der Waals surface area contributed by atoms with Crippen LogP contribution in [0, 0.1) is 18.3 Å². The van der Waals surface area contributed by atoms with Crippen LogP contribution in [-0.2, 0) is 0 Å². The molecule has 25 heavy (non-hydrogen) atoms. The van der Waals surface area contributed by atoms with E-state index >= 15 is 0 Å². The van der Waals surface area contributed by atoms with Gasteiger partial charge in [-0.25, -0.2) is 0 Å². The molecule has 120 valence electrons. The van der Waals surface area contributed by atoms with Crippen molar-refractivity contribution in [1.82, 2.24) is 0 Å². The monoisotopic (exact) mass is 321 g/mol. The molecule has 3 aromatic rings. The Morgan fingerprint density at radius 3 is 1.80 bits per heavy atom. The Hall–Kier alpha value is -3.37. The van der Waals surface area contributed by atoms with E-state index in [2.05, 4.69) is 66.8 Å². The first kappa shape index (κ1) is 16.5. The highest BCUT2D eigenvalue weighted by Crippen LogP contribution is 2.16. The second-order valence-electron chi connectivity index (χ2n) is 5.93. The van der Waals surface area contributed by atoms with E-state index in [1.54, 1.807) is 0 Å². The number of hydrogen-bond acceptors (Lipinski definition) is 1. The number of nitrogens with zero attached hydrogens (tertiary/aromatic N) is 1. The van der Waals surface area contributed by atoms with Crippen molar-refractivity contribution in [3.05, 3.63) is 106 Å². The highest BCUT2D eigenvalue weighted by molar-refractivity contribution is 5.73. The summed E-state index contributed by atoms with van der Waals surface area (Å²) in [6, 6.07) is 26.7. The Bertz CT molecular complexity index is 940. The van der Waals surface area contributed by atoms with Gasteiger partial charge in [-0.15, -0.1) is 0 Å². The predicted octanol–water partition coefficient (Wildman–Crippen LogP) is 6.21. The molecule has 0 bridgehead atoms. The number of rotatable bonds is 4. The highest BCUT2D eigenvalue weighted by atomic mass is 14.2. The van der Waals surface area contributed by atoms with Crippen LogP contribution in [0.3, 0.4) is 0 Å². The van der Waals surface area contributed by atoms with E-state index in [4.69, 9.17) is 5.26 Å². The SMILES string of the molecule is Cc1cc(C#N)ccc1C=Cc1ccc(C=Cc2ccccc2)cc1. The van der Waals surface area contributed by atoms with Crippen molar-refractivity contribution in [2.75, 3.05) is 0 Å². The Kier molecular flexibility index (Phi) is 5.24. The van der Waals surface area contributed by atoms with Gasteiger partial charge in [0.15, 0.2) is 0 Å². The third-order valence-electron chi connectivity index (χ3n) is 4.06. The number of hydrogen-bond donors (Lipinski definition) is 0. The van der Waals surface area contributed by atoms with Gasteiger partial charge in [0.25, 0.3) is 0 Å². The van der Waals surface area contributed by atoms with Crippen LogP contribution < -0.4 is 0 Å². The quantitative estimate of drug-likeness (QED) is 0.524. The van der Waals surface area contributed by atoms with Gasteiger partial charge in [0.05, 0.1) is 11.6 Å². The van der Waals surface area contributed by atoms with Gasteiger partial charge in [-0.1, -0.05) is 85.0 Å². The fourth-order valence-electron chi connectivity index (χ4n) is 2.59. The van der Waals surface area contributed by atoms with Crippen LogP contribution >= 0.6 is 0 Å². The number of nitriles is 1. The molecule has 0 unspecified atom stereocenters. The van der Waals surface area contributed by atoms with Gasteiger partial charge in [-0.3, -0.25) is 0 Å². The minimum Gasteiger partial charge on any atom is -0.192 e. The molecule has 1 heteroatoms. The second kappa shape index (κ2) is 7.95. The summed E-state index contributed by atoms with van der Waals surface area (Å²) in [5.74, 6) is 0. The summed E-state index contributed by atoms with van der Waals surface area (Å²) in [4.78, 5) is 0. The van der Waals surface area contributed by atoms with E-state index in [9.17, 15) is 0 Å². The molecule has 0 heterocycles. The summed E-state index contributed by atoms with van der Waals surface area (Å²) in [7, 11) is 0. The highest BCUT2D eigenvalue weighted by Gasteiger charge is 1.97. The largest absolute Gasteiger partial charge is 0.192 e. The van der Waals surface area contributed by atoms with E-state index in [0.717, 1.165) is 16.7 Å². The first-order valence-electron chi connectivity index (χ1n) is 8.27. The topological polar surface area (TPSA) is 23.8 Å². The average Bonchev–Trinajstić information content (AvgIpc) is 2.67. The molecule has 0 aliphatic carbocycles. The smallest absolute Gasteiger partial charge is 0.0991 e. The number of benzene rings is 3. The molecule has 1 nitrogen and oxygen atoms in total. The third kappa shape index (κ3) is 4.56. The van der Waals surface area contributed by atoms with Crippen LogP contribution in [0.1, 0.15) is 33.4 Å². The van der Waals surface area contributed by atoms with Crippen molar-refractivity contribution in [2.45, 2.75) is 6.92 Å². The average molecular weight is 321 g/mol. The summed E-state index contributed by atoms with van der Waals surface area (Å²) < 4.78 is 0. The molecule has 0 amide bonds. The zero-order valence-electron chi connectivity index (χ0n) is 14.2. The molecule has 0 aromatic heterocycles. The molecule has 0 aliphatic heterocycles. The molecule has 0 radical (unpaired) electrons. The minimum absolute atomic E-state index is 0.698. The third-order valence-corrected chi connectivity index (χ3v) is 4.06. The van der Waals surface area contributed by atoms with Crippen molar-refractivity contribution >= 4 is 24.3 Å². The molecule has 0 aliphatic rings. The zero-order valence-corrected chi connectivity index (χ0v) is 14.2. The summed E-state index contributed by atoms with van der Waals surface area (Å²) in [6.07, 6.45) is 8.42. The van der Waals surface area contributed by atoms with Gasteiger partial charge in [0.2, 0.25) is 0 Å². The molecule has 0 saturated carbocycles. The zero-order chi connectivity index (χ0) is 17.5. The van der Waals surface area contributed by atoms with Crippen molar-refractivity contribution in [1.29, 1.82) is 5.26 Å². The van der Waals surface area contributed by atoms with Gasteiger partial charge in [-0.2, -0.15) is 5.26 Å². The van der Waals surface area contributed by atoms with E-state index in [1.165, 1.54) is 11.1 Å². The van der Waals surface area contributed by atoms with Crippen molar-refractivity contribution < 1.29 is 0 Å². The summed E-state index contributed by atoms with van der Waals surface area (Å²) >= 11 is 0. The van der Waals surface area contributed by atoms with E-state index < -0.39 is 0 Å². The van der Waals surface area contributed by atoms with Crippen LogP contribution in [0.4, 0.5) is 0 Å². The van der Waals surface area contributed by atoms with Gasteiger partial charge in [0.1, 0.15) is 0 Å². The van der Waals surface area contributed by atoms with Crippen molar-refractivity contribution in [3.63, 3.8) is 0 Å². The Morgan fingerprint density at radius 1 is 0.680 bits per heavy atom. The summed E-state index contributed by atoms with van der Waals surface area (Å²) in [5.41, 5.74) is 6.47. The minimum atomic E-state index is 0.698. The first-order valence-corrected chi connectivity index (χ1v) is 8.27. The molecular formula is C24H19N. The lowest BCUT2D eigenvalue weighted by Crippen LogP contribution is -1.83. The van der Waals surface area contributed by atoms with Crippen LogP contribution in [0.2, 0.25) is 0 Å². The van der Waals surface area contributed by atoms with Crippen LogP contribution in [0.15, 0.2) is 72.8 Å². The van der Waals surface area contributed by atoms with Crippen molar-refractivity contribution in [2.24, 2.45) is 0 Å². The molecule has 3 aromatic carbocycles. The van der Waals surface area contributed by atoms with Crippen LogP contribution in [-0.4, -0.2) is 0 Å². The predicted molar refractivity (Wildman–Crippen MR) is 107 cm³/mol. The lowest BCUT2D eigenvalue weighted by molar-refractivity contribution is 1.40. The lowest BCUT2D eigenvalue weighted by Gasteiger charge is -2.01. The second-order valence-corrected chi connectivity index (χ2v) is 5.93. The molecule has 3 rings (SSSR count). The Morgan fingerprint density at radius 2 is 1.24 bits per heavy atom. The standard InChI is InChI=1S/C24H19N/c1-19-17-23(18-25)14-16-24(19)15-13-22-11-9-21(10-12-22)8-7-20-5-3-2-4-6-20/h2-17H,1H3. The molecular weight excluding hydrogens is 302 g/mol. The maximum absolute atomic E-state index is 8.93. The fourth-order valence-corrected chi connectivity index (χ4v) is 2.59. The summed E-state index contributed by atoms with van der Waals surface area (Å²) in [6.45, 7) is 2.03. The molecule has 0 fully saturated rings. The maximum Gasteiger partial charge on any atom is 0.0991 e. The first-order chi connectivity index (χ1) is 12.2. The maximum atomic E-state index is 8.93. The van der Waals surface area contributed by atoms with Crippen LogP contribution in [0.5, 0.6) is 0 Å². The lowest BCUT2D eigenvalue weighted by atomic mass is 10.0. The van der Waals surface area contributed by atoms with Crippen LogP contribution in [0.25, 0.3) is 24.3 Å². The summed E-state index contributed by atoms with van der Waals surface area (Å²) in [5, 5.41) is 8.93. The number of aryl methyl sites for hydroxylation is 1. The van der Waals surface area contributed by atoms with E-state index in [0.29, 0.717) is 5.56 Å². The van der Waals surface area contributed by atoms with Gasteiger partial charge in [-0.05, 0) is 46.9 Å². The Labute approximate surface area is 149 Å². The van der Waals surface area contributed by atoms with Gasteiger partial charge < -0.3 is 0 Å². The molecule has 0 atom stereocenters. The van der Waals surface area contributed by atoms with Crippen molar-refractivity contribution in [3.8, 4) is 6.07 Å². The molecule has 0 N–H and O–H groups in total. The van der Waals surface area contributed by atoms with E-state index in [-0.39, 0.29) is 0 Å². The van der Waals surface area contributed by atoms with Gasteiger partial charge >= 0.3 is 0 Å². The van der Waals surface area contributed by atoms with E-state index in [1.807, 2.05) is 43.3 Å². The van der Waals surface area contributed by atoms with Gasteiger partial charge in [0, 0.05) is 0 Å². The Balaban J connectivity index is 1.70. The normalized spacial score (nSPS) is 11.0. The fraction of sp³-hybridized carbons (Fsp3) is 0.0417. The molecule has 0 saturated heterocycles. The molecule has 0 spiro atoms.